The predicted molar refractivity (Wildman–Crippen MR) is 106 cm³/mol. The molecule has 0 radical (unpaired) electrons. The van der Waals surface area contributed by atoms with Gasteiger partial charge in [-0.3, -0.25) is 19.8 Å². The highest BCUT2D eigenvalue weighted by atomic mass is 16.2. The Labute approximate surface area is 161 Å². The van der Waals surface area contributed by atoms with Crippen molar-refractivity contribution >= 4 is 22.8 Å². The fraction of sp³-hybridized carbons (Fsp3) is 0.200. The van der Waals surface area contributed by atoms with Crippen LogP contribution in [0.1, 0.15) is 11.4 Å². The van der Waals surface area contributed by atoms with Crippen LogP contribution >= 0.6 is 0 Å². The van der Waals surface area contributed by atoms with Gasteiger partial charge >= 0.3 is 6.03 Å². The number of urea groups is 1. The Morgan fingerprint density at radius 2 is 1.79 bits per heavy atom. The summed E-state index contributed by atoms with van der Waals surface area (Å²) in [4.78, 5) is 44.7. The van der Waals surface area contributed by atoms with E-state index in [1.54, 1.807) is 30.1 Å². The highest BCUT2D eigenvalue weighted by molar-refractivity contribution is 5.95. The molecule has 3 amide bonds. The lowest BCUT2D eigenvalue weighted by Gasteiger charge is -2.15. The highest BCUT2D eigenvalue weighted by Gasteiger charge is 2.12. The number of nitrogens with one attached hydrogen (secondary N) is 3. The van der Waals surface area contributed by atoms with Crippen molar-refractivity contribution in [3.05, 3.63) is 76.3 Å². The monoisotopic (exact) mass is 379 g/mol. The largest absolute Gasteiger partial charge is 0.334 e. The number of nitrogens with zero attached hydrogens (tertiary/aromatic N) is 2. The van der Waals surface area contributed by atoms with Crippen LogP contribution in [0.25, 0.3) is 10.9 Å². The van der Waals surface area contributed by atoms with Crippen LogP contribution in [0.15, 0.2) is 59.4 Å². The van der Waals surface area contributed by atoms with E-state index in [1.807, 2.05) is 36.4 Å². The Morgan fingerprint density at radius 1 is 1.07 bits per heavy atom. The van der Waals surface area contributed by atoms with Crippen molar-refractivity contribution in [3.63, 3.8) is 0 Å². The summed E-state index contributed by atoms with van der Waals surface area (Å²) in [6.07, 6.45) is 0. The van der Waals surface area contributed by atoms with Crippen LogP contribution in [-0.2, 0) is 17.9 Å². The molecule has 0 unspecified atom stereocenters. The molecule has 0 saturated carbocycles. The maximum absolute atomic E-state index is 12.1. The van der Waals surface area contributed by atoms with Crippen LogP contribution < -0.4 is 16.2 Å². The molecular weight excluding hydrogens is 358 g/mol. The van der Waals surface area contributed by atoms with E-state index >= 15 is 0 Å². The smallest absolute Gasteiger partial charge is 0.321 e. The highest BCUT2D eigenvalue weighted by Crippen LogP contribution is 2.06. The van der Waals surface area contributed by atoms with E-state index in [-0.39, 0.29) is 18.6 Å². The third-order valence-corrected chi connectivity index (χ3v) is 4.04. The molecule has 0 aliphatic carbocycles. The van der Waals surface area contributed by atoms with Crippen LogP contribution in [0.4, 0.5) is 4.79 Å². The summed E-state index contributed by atoms with van der Waals surface area (Å²) < 4.78 is 0. The molecule has 3 N–H and O–H groups in total. The summed E-state index contributed by atoms with van der Waals surface area (Å²) in [5.41, 5.74) is 1.31. The first-order valence-corrected chi connectivity index (χ1v) is 8.79. The lowest BCUT2D eigenvalue weighted by atomic mass is 10.2. The Bertz CT molecular complexity index is 1030. The van der Waals surface area contributed by atoms with Gasteiger partial charge in [-0.1, -0.05) is 42.5 Å². The number of likely N-dealkylation sites (N-methyl/N-ethyl adjacent to an activating group) is 1. The topological polar surface area (TPSA) is 107 Å². The van der Waals surface area contributed by atoms with Crippen molar-refractivity contribution < 1.29 is 9.59 Å². The number of aromatic nitrogens is 2. The molecule has 144 valence electrons. The first-order valence-electron chi connectivity index (χ1n) is 8.79. The molecule has 8 nitrogen and oxygen atoms in total. The van der Waals surface area contributed by atoms with Gasteiger partial charge in [-0.15, -0.1) is 0 Å². The Hall–Kier alpha value is -3.52. The molecule has 1 aromatic heterocycles. The van der Waals surface area contributed by atoms with Crippen molar-refractivity contribution in [3.8, 4) is 0 Å². The van der Waals surface area contributed by atoms with Gasteiger partial charge in [0, 0.05) is 6.54 Å². The number of rotatable bonds is 6. The van der Waals surface area contributed by atoms with Crippen LogP contribution in [0.5, 0.6) is 0 Å². The van der Waals surface area contributed by atoms with Gasteiger partial charge in [0.15, 0.2) is 0 Å². The zero-order valence-electron chi connectivity index (χ0n) is 15.4. The van der Waals surface area contributed by atoms with E-state index in [2.05, 4.69) is 20.6 Å². The van der Waals surface area contributed by atoms with Gasteiger partial charge in [0.05, 0.1) is 24.0 Å². The van der Waals surface area contributed by atoms with Gasteiger partial charge in [-0.05, 0) is 24.7 Å². The van der Waals surface area contributed by atoms with E-state index in [0.717, 1.165) is 5.56 Å². The number of para-hydroxylation sites is 1. The van der Waals surface area contributed by atoms with Gasteiger partial charge in [0.2, 0.25) is 5.91 Å². The van der Waals surface area contributed by atoms with Crippen molar-refractivity contribution in [1.82, 2.24) is 25.5 Å². The number of H-pyrrole nitrogens is 1. The Morgan fingerprint density at radius 3 is 2.57 bits per heavy atom. The Kier molecular flexibility index (Phi) is 6.13. The molecular formula is C20H21N5O3. The van der Waals surface area contributed by atoms with Gasteiger partial charge in [0.25, 0.3) is 5.56 Å². The number of fused-ring (bicyclic) bond motifs is 1. The third-order valence-electron chi connectivity index (χ3n) is 4.04. The van der Waals surface area contributed by atoms with Gasteiger partial charge in [0.1, 0.15) is 5.82 Å². The average Bonchev–Trinajstić information content (AvgIpc) is 2.67. The Balaban J connectivity index is 1.50. The first kappa shape index (κ1) is 19.2. The predicted octanol–water partition coefficient (Wildman–Crippen LogP) is 1.38. The first-order chi connectivity index (χ1) is 13.5. The summed E-state index contributed by atoms with van der Waals surface area (Å²) in [7, 11) is 1.71. The minimum atomic E-state index is -0.556. The van der Waals surface area contributed by atoms with Gasteiger partial charge in [-0.25, -0.2) is 9.78 Å². The molecule has 0 spiro atoms. The van der Waals surface area contributed by atoms with E-state index in [4.69, 9.17) is 0 Å². The van der Waals surface area contributed by atoms with E-state index < -0.39 is 11.9 Å². The molecule has 2 aromatic carbocycles. The number of carbonyl (C=O) groups excluding carboxylic acids is 2. The number of amides is 3. The quantitative estimate of drug-likeness (QED) is 0.600. The standard InChI is InChI=1S/C20H21N5O3/c1-25(12-17-22-16-10-6-5-9-15(16)19(27)23-17)13-18(26)24-20(28)21-11-14-7-3-2-4-8-14/h2-10H,11-13H2,1H3,(H,22,23,27)(H2,21,24,26,28). The minimum Gasteiger partial charge on any atom is -0.334 e. The lowest BCUT2D eigenvalue weighted by Crippen LogP contribution is -2.43. The number of hydrogen-bond acceptors (Lipinski definition) is 5. The van der Waals surface area contributed by atoms with Crippen molar-refractivity contribution in [2.75, 3.05) is 13.6 Å². The van der Waals surface area contributed by atoms with E-state index in [1.165, 1.54) is 0 Å². The van der Waals surface area contributed by atoms with E-state index in [9.17, 15) is 14.4 Å². The fourth-order valence-corrected chi connectivity index (χ4v) is 2.76. The molecule has 0 saturated heterocycles. The SMILES string of the molecule is CN(CC(=O)NC(=O)NCc1ccccc1)Cc1nc2ccccc2c(=O)[nH]1. The third kappa shape index (κ3) is 5.24. The second-order valence-corrected chi connectivity index (χ2v) is 6.42. The molecule has 0 bridgehead atoms. The summed E-state index contributed by atoms with van der Waals surface area (Å²) in [5, 5.41) is 5.43. The maximum atomic E-state index is 12.1. The zero-order valence-corrected chi connectivity index (χ0v) is 15.4. The molecule has 0 fully saturated rings. The average molecular weight is 379 g/mol. The fourth-order valence-electron chi connectivity index (χ4n) is 2.76. The number of benzene rings is 2. The molecule has 28 heavy (non-hydrogen) atoms. The maximum Gasteiger partial charge on any atom is 0.321 e. The van der Waals surface area contributed by atoms with Crippen molar-refractivity contribution in [2.24, 2.45) is 0 Å². The number of aromatic amines is 1. The van der Waals surface area contributed by atoms with Gasteiger partial charge in [-0.2, -0.15) is 0 Å². The lowest BCUT2D eigenvalue weighted by molar-refractivity contribution is -0.121. The summed E-state index contributed by atoms with van der Waals surface area (Å²) in [6.45, 7) is 0.576. The molecule has 3 aromatic rings. The molecule has 0 aliphatic heterocycles. The van der Waals surface area contributed by atoms with Crippen LogP contribution in [0.3, 0.4) is 0 Å². The number of carbonyl (C=O) groups is 2. The van der Waals surface area contributed by atoms with E-state index in [0.29, 0.717) is 23.3 Å². The van der Waals surface area contributed by atoms with Crippen LogP contribution in [-0.4, -0.2) is 40.4 Å². The van der Waals surface area contributed by atoms with Crippen molar-refractivity contribution in [2.45, 2.75) is 13.1 Å². The second kappa shape index (κ2) is 8.92. The van der Waals surface area contributed by atoms with Crippen LogP contribution in [0, 0.1) is 0 Å². The molecule has 3 rings (SSSR count). The molecule has 0 atom stereocenters. The molecule has 8 heteroatoms. The summed E-state index contributed by atoms with van der Waals surface area (Å²) in [6, 6.07) is 15.9. The second-order valence-electron chi connectivity index (χ2n) is 6.42. The van der Waals surface area contributed by atoms with Gasteiger partial charge < -0.3 is 10.3 Å². The molecule has 1 heterocycles. The number of hydrogen-bond donors (Lipinski definition) is 3. The summed E-state index contributed by atoms with van der Waals surface area (Å²) in [5.74, 6) is 0.00345. The minimum absolute atomic E-state index is 0.0186. The number of imide groups is 1. The van der Waals surface area contributed by atoms with Crippen LogP contribution in [0.2, 0.25) is 0 Å². The normalized spacial score (nSPS) is 10.8. The summed E-state index contributed by atoms with van der Waals surface area (Å²) >= 11 is 0. The zero-order chi connectivity index (χ0) is 19.9. The molecule has 0 aliphatic rings. The van der Waals surface area contributed by atoms with Crippen molar-refractivity contribution in [1.29, 1.82) is 0 Å².